The van der Waals surface area contributed by atoms with E-state index in [4.69, 9.17) is 28.5 Å². The van der Waals surface area contributed by atoms with E-state index in [-0.39, 0.29) is 30.1 Å². The second-order valence-electron chi connectivity index (χ2n) is 8.75. The summed E-state index contributed by atoms with van der Waals surface area (Å²) in [5.74, 6) is -0.341. The molecule has 3 aromatic rings. The molecule has 1 aromatic heterocycles. The van der Waals surface area contributed by atoms with E-state index in [9.17, 15) is 4.79 Å². The van der Waals surface area contributed by atoms with Crippen molar-refractivity contribution >= 4 is 16.9 Å². The highest BCUT2D eigenvalue weighted by molar-refractivity contribution is 5.92. The average Bonchev–Trinajstić information content (AvgIpc) is 3.36. The zero-order chi connectivity index (χ0) is 25.9. The molecule has 0 saturated heterocycles. The van der Waals surface area contributed by atoms with E-state index in [0.717, 1.165) is 22.1 Å². The first-order valence-corrected chi connectivity index (χ1v) is 12.8. The number of ether oxygens (including phenoxy) is 4. The van der Waals surface area contributed by atoms with Gasteiger partial charge in [-0.3, -0.25) is 4.79 Å². The maximum absolute atomic E-state index is 13.2. The minimum absolute atomic E-state index is 0.0105. The van der Waals surface area contributed by atoms with Crippen LogP contribution in [0.3, 0.4) is 0 Å². The largest absolute Gasteiger partial charge is 0.464 e. The van der Waals surface area contributed by atoms with Crippen LogP contribution in [-0.4, -0.2) is 56.9 Å². The smallest absolute Gasteiger partial charge is 0.286 e. The highest BCUT2D eigenvalue weighted by atomic mass is 16.7. The second-order valence-corrected chi connectivity index (χ2v) is 8.75. The Kier molecular flexibility index (Phi) is 10.1. The van der Waals surface area contributed by atoms with Crippen LogP contribution in [0.1, 0.15) is 30.4 Å². The molecule has 37 heavy (non-hydrogen) atoms. The highest BCUT2D eigenvalue weighted by Gasteiger charge is 2.39. The number of benzene rings is 2. The molecular formula is C29H35NO7. The van der Waals surface area contributed by atoms with Crippen LogP contribution >= 0.6 is 0 Å². The number of amides is 1. The number of fused-ring (bicyclic) bond motifs is 1. The lowest BCUT2D eigenvalue weighted by molar-refractivity contribution is -0.168. The van der Waals surface area contributed by atoms with Crippen LogP contribution in [0, 0.1) is 5.92 Å². The van der Waals surface area contributed by atoms with Gasteiger partial charge in [0.25, 0.3) is 5.91 Å². The Morgan fingerprint density at radius 3 is 2.54 bits per heavy atom. The van der Waals surface area contributed by atoms with Crippen molar-refractivity contribution in [2.24, 2.45) is 5.92 Å². The Hall–Kier alpha value is -3.17. The van der Waals surface area contributed by atoms with Gasteiger partial charge in [0.1, 0.15) is 5.58 Å². The first kappa shape index (κ1) is 26.9. The summed E-state index contributed by atoms with van der Waals surface area (Å²) >= 11 is 0. The Morgan fingerprint density at radius 1 is 1.00 bits per heavy atom. The van der Waals surface area contributed by atoms with E-state index >= 15 is 0 Å². The van der Waals surface area contributed by atoms with Crippen molar-refractivity contribution in [1.29, 1.82) is 0 Å². The number of hydrogen-bond donors (Lipinski definition) is 2. The molecule has 0 radical (unpaired) electrons. The van der Waals surface area contributed by atoms with Crippen molar-refractivity contribution < 1.29 is 33.3 Å². The van der Waals surface area contributed by atoms with Crippen LogP contribution in [0.2, 0.25) is 0 Å². The molecule has 0 spiro atoms. The number of allylic oxidation sites excluding steroid dienone is 1. The summed E-state index contributed by atoms with van der Waals surface area (Å²) in [7, 11) is 0. The number of para-hydroxylation sites is 1. The van der Waals surface area contributed by atoms with Gasteiger partial charge in [-0.1, -0.05) is 48.5 Å². The van der Waals surface area contributed by atoms with Gasteiger partial charge in [0, 0.05) is 42.5 Å². The van der Waals surface area contributed by atoms with Crippen LogP contribution in [-0.2, 0) is 30.3 Å². The fourth-order valence-corrected chi connectivity index (χ4v) is 4.52. The van der Waals surface area contributed by atoms with Crippen molar-refractivity contribution in [3.63, 3.8) is 0 Å². The van der Waals surface area contributed by atoms with Gasteiger partial charge >= 0.3 is 0 Å². The van der Waals surface area contributed by atoms with E-state index < -0.39 is 6.29 Å². The SMILES string of the molecule is CCO[C@@H]1OC(C(=O)NCc2ccccc2)=C[C@H](c2coc3ccccc23)[C@H]1CCOCCOCCO. The molecule has 8 heteroatoms. The predicted octanol–water partition coefficient (Wildman–Crippen LogP) is 4.14. The van der Waals surface area contributed by atoms with Crippen molar-refractivity contribution in [2.75, 3.05) is 39.6 Å². The standard InChI is InChI=1S/C29H35NO7/c1-2-35-29-23(12-14-33-16-17-34-15-13-31)24(25-20-36-26-11-7-6-10-22(25)26)18-27(37-29)28(32)30-19-21-8-4-3-5-9-21/h3-11,18,20,23-24,29,31H,2,12-17,19H2,1H3,(H,30,32)/t23-,24+,29-/m1/s1. The average molecular weight is 510 g/mol. The van der Waals surface area contributed by atoms with E-state index in [0.29, 0.717) is 46.0 Å². The number of nitrogens with one attached hydrogen (secondary N) is 1. The number of carbonyl (C=O) groups is 1. The van der Waals surface area contributed by atoms with Gasteiger partial charge in [-0.15, -0.1) is 0 Å². The molecule has 198 valence electrons. The molecule has 1 aliphatic rings. The normalized spacial score (nSPS) is 19.4. The Bertz CT molecular complexity index is 1140. The topological polar surface area (TPSA) is 99.4 Å². The van der Waals surface area contributed by atoms with E-state index in [1.165, 1.54) is 0 Å². The van der Waals surface area contributed by atoms with Crippen LogP contribution in [0.15, 0.2) is 77.1 Å². The molecule has 2 heterocycles. The molecule has 0 unspecified atom stereocenters. The van der Waals surface area contributed by atoms with Crippen LogP contribution in [0.5, 0.6) is 0 Å². The van der Waals surface area contributed by atoms with Crippen LogP contribution < -0.4 is 5.32 Å². The number of aliphatic hydroxyl groups excluding tert-OH is 1. The molecule has 1 aliphatic heterocycles. The minimum atomic E-state index is -0.625. The lowest BCUT2D eigenvalue weighted by Crippen LogP contribution is -2.39. The summed E-state index contributed by atoms with van der Waals surface area (Å²) in [6, 6.07) is 17.6. The molecule has 2 aromatic carbocycles. The number of rotatable bonds is 14. The lowest BCUT2D eigenvalue weighted by Gasteiger charge is -2.36. The molecular weight excluding hydrogens is 474 g/mol. The Balaban J connectivity index is 1.54. The van der Waals surface area contributed by atoms with Gasteiger partial charge in [0.15, 0.2) is 5.76 Å². The first-order valence-electron chi connectivity index (χ1n) is 12.8. The molecule has 0 bridgehead atoms. The van der Waals surface area contributed by atoms with E-state index in [2.05, 4.69) is 5.32 Å². The Morgan fingerprint density at radius 2 is 1.76 bits per heavy atom. The monoisotopic (exact) mass is 509 g/mol. The van der Waals surface area contributed by atoms with E-state index in [1.807, 2.05) is 67.6 Å². The summed E-state index contributed by atoms with van der Waals surface area (Å²) in [6.07, 6.45) is 3.66. The maximum atomic E-state index is 13.2. The molecule has 0 saturated carbocycles. The zero-order valence-electron chi connectivity index (χ0n) is 21.1. The number of hydrogen-bond acceptors (Lipinski definition) is 7. The molecule has 8 nitrogen and oxygen atoms in total. The fraction of sp³-hybridized carbons (Fsp3) is 0.414. The molecule has 0 fully saturated rings. The van der Waals surface area contributed by atoms with Crippen molar-refractivity contribution in [2.45, 2.75) is 32.1 Å². The third-order valence-corrected chi connectivity index (χ3v) is 6.31. The summed E-state index contributed by atoms with van der Waals surface area (Å²) in [5.41, 5.74) is 2.77. The minimum Gasteiger partial charge on any atom is -0.464 e. The molecule has 4 rings (SSSR count). The Labute approximate surface area is 217 Å². The van der Waals surface area contributed by atoms with Gasteiger partial charge in [-0.25, -0.2) is 0 Å². The maximum Gasteiger partial charge on any atom is 0.286 e. The summed E-state index contributed by atoms with van der Waals surface area (Å²) in [4.78, 5) is 13.2. The lowest BCUT2D eigenvalue weighted by atomic mass is 9.81. The van der Waals surface area contributed by atoms with Crippen molar-refractivity contribution in [1.82, 2.24) is 5.32 Å². The van der Waals surface area contributed by atoms with E-state index in [1.54, 1.807) is 6.26 Å². The fourth-order valence-electron chi connectivity index (χ4n) is 4.52. The number of aliphatic hydroxyl groups is 1. The van der Waals surface area contributed by atoms with Crippen LogP contribution in [0.4, 0.5) is 0 Å². The third kappa shape index (κ3) is 7.20. The molecule has 1 amide bonds. The van der Waals surface area contributed by atoms with Gasteiger partial charge < -0.3 is 33.8 Å². The van der Waals surface area contributed by atoms with Crippen molar-refractivity contribution in [3.8, 4) is 0 Å². The zero-order valence-corrected chi connectivity index (χ0v) is 21.1. The van der Waals surface area contributed by atoms with Gasteiger partial charge in [-0.2, -0.15) is 0 Å². The number of furan rings is 1. The third-order valence-electron chi connectivity index (χ3n) is 6.31. The van der Waals surface area contributed by atoms with Gasteiger partial charge in [0.05, 0.1) is 32.7 Å². The summed E-state index contributed by atoms with van der Waals surface area (Å²) in [5, 5.41) is 12.8. The molecule has 2 N–H and O–H groups in total. The van der Waals surface area contributed by atoms with Crippen LogP contribution in [0.25, 0.3) is 11.0 Å². The molecule has 0 aliphatic carbocycles. The van der Waals surface area contributed by atoms with Gasteiger partial charge in [0.2, 0.25) is 6.29 Å². The number of carbonyl (C=O) groups excluding carboxylic acids is 1. The van der Waals surface area contributed by atoms with Crippen molar-refractivity contribution in [3.05, 3.63) is 83.8 Å². The predicted molar refractivity (Wildman–Crippen MR) is 139 cm³/mol. The second kappa shape index (κ2) is 13.9. The quantitative estimate of drug-likeness (QED) is 0.315. The summed E-state index contributed by atoms with van der Waals surface area (Å²) in [6.45, 7) is 4.34. The summed E-state index contributed by atoms with van der Waals surface area (Å²) < 4.78 is 29.0. The van der Waals surface area contributed by atoms with Gasteiger partial charge in [-0.05, 0) is 31.1 Å². The first-order chi connectivity index (χ1) is 18.2. The highest BCUT2D eigenvalue weighted by Crippen LogP contribution is 2.41. The molecule has 3 atom stereocenters.